The monoisotopic (exact) mass is 606 g/mol. The first-order chi connectivity index (χ1) is 12.9. The summed E-state index contributed by atoms with van der Waals surface area (Å²) in [6.07, 6.45) is 0. The van der Waals surface area contributed by atoms with E-state index in [4.69, 9.17) is 25.5 Å². The molecule has 5 N–H and O–H groups in total. The van der Waals surface area contributed by atoms with E-state index in [1.807, 2.05) is 0 Å². The fraction of sp³-hybridized carbons (Fsp3) is 0.500. The maximum atomic E-state index is 10.8. The number of carboxylic acid groups (broad SMARTS) is 5. The molecular weight excluding hydrogens is 589 g/mol. The Hall–Kier alpha value is -2.58. The quantitative estimate of drug-likeness (QED) is 0.128. The van der Waals surface area contributed by atoms with Gasteiger partial charge >= 0.3 is 114 Å². The molecule has 0 aromatic heterocycles. The maximum absolute atomic E-state index is 10.8. The number of hydrogen-bond acceptors (Lipinski definition) is 10. The zero-order chi connectivity index (χ0) is 22.3. The minimum atomic E-state index is -2.47. The van der Waals surface area contributed by atoms with Gasteiger partial charge in [-0.1, -0.05) is 0 Å². The van der Waals surface area contributed by atoms with Crippen LogP contribution in [-0.4, -0.2) is 134 Å². The number of hydrogen-bond donors (Lipinski definition) is 5. The molecule has 0 radical (unpaired) electrons. The number of aliphatic carboxylic acids is 5. The molecule has 0 saturated carbocycles. The SMILES string of the molecule is O=C(O)CN(CC(=O)O)CC(=O)O.[O]=[Bi][O]C(=O)CN(CC(=O)O)CC(=O)O. The summed E-state index contributed by atoms with van der Waals surface area (Å²) in [5, 5.41) is 41.7. The predicted octanol–water partition coefficient (Wildman–Crippen LogP) is -3.49. The van der Waals surface area contributed by atoms with Gasteiger partial charge in [0, 0.05) is 0 Å². The van der Waals surface area contributed by atoms with Crippen LogP contribution in [0.25, 0.3) is 0 Å². The summed E-state index contributed by atoms with van der Waals surface area (Å²) in [7, 11) is 0. The van der Waals surface area contributed by atoms with Gasteiger partial charge in [0.2, 0.25) is 0 Å². The molecule has 0 aliphatic heterocycles. The van der Waals surface area contributed by atoms with Crippen molar-refractivity contribution < 1.29 is 59.9 Å². The van der Waals surface area contributed by atoms with Gasteiger partial charge in [0.05, 0.1) is 19.6 Å². The van der Waals surface area contributed by atoms with Crippen molar-refractivity contribution in [3.8, 4) is 0 Å². The minimum absolute atomic E-state index is 0.496. The number of carboxylic acids is 5. The third kappa shape index (κ3) is 19.7. The van der Waals surface area contributed by atoms with Crippen LogP contribution in [0.4, 0.5) is 0 Å². The number of rotatable bonds is 13. The molecule has 0 unspecified atom stereocenters. The van der Waals surface area contributed by atoms with Gasteiger partial charge in [0.25, 0.3) is 0 Å². The molecule has 0 heterocycles. The average molecular weight is 606 g/mol. The standard InChI is InChI=1S/2C6H9NO6.Bi.O/c2*8-4(9)1-7(2-5(10)11)3-6(12)13;;/h2*1-3H2,(H,8,9)(H,10,11)(H,12,13);;/q;;+1;/p-1. The van der Waals surface area contributed by atoms with Crippen LogP contribution in [-0.2, 0) is 34.4 Å². The van der Waals surface area contributed by atoms with Crippen molar-refractivity contribution >= 4 is 59.5 Å². The molecule has 28 heavy (non-hydrogen) atoms. The van der Waals surface area contributed by atoms with Crippen molar-refractivity contribution in [3.63, 3.8) is 0 Å². The molecule has 0 aromatic rings. The van der Waals surface area contributed by atoms with Gasteiger partial charge in [-0.15, -0.1) is 0 Å². The molecule has 0 atom stereocenters. The van der Waals surface area contributed by atoms with Crippen LogP contribution in [0.1, 0.15) is 0 Å². The molecule has 15 nitrogen and oxygen atoms in total. The van der Waals surface area contributed by atoms with E-state index in [1.54, 1.807) is 0 Å². The Labute approximate surface area is 168 Å². The Morgan fingerprint density at radius 2 is 0.821 bits per heavy atom. The second-order valence-corrected chi connectivity index (χ2v) is 6.09. The van der Waals surface area contributed by atoms with Crippen molar-refractivity contribution in [1.29, 1.82) is 0 Å². The van der Waals surface area contributed by atoms with Crippen LogP contribution in [0.2, 0.25) is 0 Å². The van der Waals surface area contributed by atoms with Gasteiger partial charge in [-0.3, -0.25) is 19.3 Å². The van der Waals surface area contributed by atoms with E-state index in [1.165, 1.54) is 0 Å². The summed E-state index contributed by atoms with van der Waals surface area (Å²) in [5.41, 5.74) is 0. The molecular formula is C12H17BiN2O13. The number of carbonyl (C=O) groups is 6. The molecule has 0 aromatic carbocycles. The Bertz CT molecular complexity index is 554. The molecule has 0 saturated heterocycles. The van der Waals surface area contributed by atoms with Crippen LogP contribution >= 0.6 is 0 Å². The fourth-order valence-electron chi connectivity index (χ4n) is 1.54. The molecule has 0 aliphatic carbocycles. The fourth-order valence-corrected chi connectivity index (χ4v) is 2.09. The van der Waals surface area contributed by atoms with Crippen LogP contribution in [0.5, 0.6) is 0 Å². The summed E-state index contributed by atoms with van der Waals surface area (Å²) >= 11 is -2.47. The average Bonchev–Trinajstić information content (AvgIpc) is 2.43. The zero-order valence-electron chi connectivity index (χ0n) is 14.1. The molecule has 0 aliphatic rings. The number of carbonyl (C=O) groups excluding carboxylic acids is 1. The molecule has 0 spiro atoms. The van der Waals surface area contributed by atoms with E-state index < -0.39 is 98.8 Å². The third-order valence-corrected chi connectivity index (χ3v) is 3.37. The molecule has 158 valence electrons. The molecule has 0 rings (SSSR count). The van der Waals surface area contributed by atoms with Crippen molar-refractivity contribution in [1.82, 2.24) is 9.80 Å². The predicted molar refractivity (Wildman–Crippen MR) is 83.6 cm³/mol. The van der Waals surface area contributed by atoms with E-state index in [0.29, 0.717) is 0 Å². The molecule has 16 heteroatoms. The van der Waals surface area contributed by atoms with Crippen LogP contribution < -0.4 is 0 Å². The summed E-state index contributed by atoms with van der Waals surface area (Å²) in [4.78, 5) is 63.5. The van der Waals surface area contributed by atoms with Gasteiger partial charge in [-0.05, 0) is 0 Å². The Balaban J connectivity index is 0. The van der Waals surface area contributed by atoms with E-state index in [2.05, 4.69) is 2.81 Å². The molecule has 0 fully saturated rings. The first-order valence-corrected chi connectivity index (χ1v) is 9.77. The zero-order valence-corrected chi connectivity index (χ0v) is 17.6. The second-order valence-electron chi connectivity index (χ2n) is 4.80. The normalized spacial score (nSPS) is 9.79. The Morgan fingerprint density at radius 1 is 0.571 bits per heavy atom. The third-order valence-electron chi connectivity index (χ3n) is 2.29. The Morgan fingerprint density at radius 3 is 1.04 bits per heavy atom. The van der Waals surface area contributed by atoms with Gasteiger partial charge in [-0.25, -0.2) is 0 Å². The van der Waals surface area contributed by atoms with Crippen molar-refractivity contribution in [2.24, 2.45) is 0 Å². The van der Waals surface area contributed by atoms with E-state index in [-0.39, 0.29) is 0 Å². The van der Waals surface area contributed by atoms with Gasteiger partial charge < -0.3 is 15.3 Å². The van der Waals surface area contributed by atoms with Gasteiger partial charge in [-0.2, -0.15) is 0 Å². The van der Waals surface area contributed by atoms with Crippen LogP contribution in [0.3, 0.4) is 0 Å². The van der Waals surface area contributed by atoms with E-state index in [9.17, 15) is 31.6 Å². The first kappa shape index (κ1) is 27.6. The number of nitrogens with zero attached hydrogens (tertiary/aromatic N) is 2. The van der Waals surface area contributed by atoms with Crippen LogP contribution in [0, 0.1) is 0 Å². The van der Waals surface area contributed by atoms with Crippen molar-refractivity contribution in [2.75, 3.05) is 39.3 Å². The van der Waals surface area contributed by atoms with Gasteiger partial charge in [0.1, 0.15) is 0 Å². The van der Waals surface area contributed by atoms with Crippen molar-refractivity contribution in [2.45, 2.75) is 0 Å². The topological polar surface area (TPSA) is 236 Å². The van der Waals surface area contributed by atoms with Gasteiger partial charge in [0.15, 0.2) is 0 Å². The van der Waals surface area contributed by atoms with Crippen molar-refractivity contribution in [3.05, 3.63) is 0 Å². The molecule has 0 amide bonds. The summed E-state index contributed by atoms with van der Waals surface area (Å²) in [6.45, 7) is -3.47. The molecule has 0 bridgehead atoms. The van der Waals surface area contributed by atoms with E-state index in [0.717, 1.165) is 9.80 Å². The first-order valence-electron chi connectivity index (χ1n) is 6.93. The summed E-state index contributed by atoms with van der Waals surface area (Å²) in [6, 6.07) is 0. The van der Waals surface area contributed by atoms with E-state index >= 15 is 0 Å². The van der Waals surface area contributed by atoms with Crippen LogP contribution in [0.15, 0.2) is 0 Å². The Kier molecular flexibility index (Phi) is 15.3. The summed E-state index contributed by atoms with van der Waals surface area (Å²) < 4.78 is 14.2. The summed E-state index contributed by atoms with van der Waals surface area (Å²) in [5.74, 6) is -7.17. The second kappa shape index (κ2) is 15.5.